The Morgan fingerprint density at radius 1 is 1.12 bits per heavy atom. The first-order chi connectivity index (χ1) is 11.5. The van der Waals surface area contributed by atoms with Gasteiger partial charge in [-0.15, -0.1) is 0 Å². The Kier molecular flexibility index (Phi) is 4.99. The Bertz CT molecular complexity index is 789. The van der Waals surface area contributed by atoms with Crippen molar-refractivity contribution in [3.05, 3.63) is 65.5 Å². The minimum atomic E-state index is -3.40. The van der Waals surface area contributed by atoms with Crippen molar-refractivity contribution in [2.45, 2.75) is 30.3 Å². The molecule has 1 atom stereocenters. The Morgan fingerprint density at radius 2 is 1.79 bits per heavy atom. The maximum Gasteiger partial charge on any atom is 0.240 e. The van der Waals surface area contributed by atoms with Gasteiger partial charge in [0.05, 0.1) is 4.90 Å². The van der Waals surface area contributed by atoms with Gasteiger partial charge in [-0.1, -0.05) is 24.3 Å². The van der Waals surface area contributed by atoms with Crippen LogP contribution in [-0.4, -0.2) is 26.9 Å². The third-order valence-electron chi connectivity index (χ3n) is 4.51. The molecule has 3 rings (SSSR count). The van der Waals surface area contributed by atoms with Gasteiger partial charge in [0.15, 0.2) is 0 Å². The van der Waals surface area contributed by atoms with Gasteiger partial charge in [0, 0.05) is 12.6 Å². The van der Waals surface area contributed by atoms with Crippen molar-refractivity contribution in [2.24, 2.45) is 0 Å². The smallest absolute Gasteiger partial charge is 0.240 e. The first-order valence-corrected chi connectivity index (χ1v) is 9.50. The van der Waals surface area contributed by atoms with Crippen molar-refractivity contribution in [1.82, 2.24) is 9.62 Å². The molecule has 6 heteroatoms. The van der Waals surface area contributed by atoms with Gasteiger partial charge in [0.25, 0.3) is 0 Å². The molecule has 0 unspecified atom stereocenters. The molecule has 1 fully saturated rings. The van der Waals surface area contributed by atoms with E-state index in [0.717, 1.165) is 37.1 Å². The van der Waals surface area contributed by atoms with Crippen molar-refractivity contribution in [3.8, 4) is 0 Å². The number of rotatable bonds is 5. The number of halogens is 1. The van der Waals surface area contributed by atoms with E-state index in [1.54, 1.807) is 12.1 Å². The Balaban J connectivity index is 1.74. The first kappa shape index (κ1) is 17.1. The van der Waals surface area contributed by atoms with Crippen LogP contribution in [0.25, 0.3) is 0 Å². The fourth-order valence-corrected chi connectivity index (χ4v) is 3.93. The molecule has 0 bridgehead atoms. The second kappa shape index (κ2) is 7.01. The minimum absolute atomic E-state index is 0.218. The zero-order valence-corrected chi connectivity index (χ0v) is 14.4. The molecule has 2 aromatic rings. The second-order valence-electron chi connectivity index (χ2n) is 6.03. The molecule has 0 radical (unpaired) electrons. The SMILES string of the molecule is CNS(=O)(=O)c1ccc(CN2CCC[C@H]2c2ccc(F)cc2)cc1. The van der Waals surface area contributed by atoms with Gasteiger partial charge in [-0.25, -0.2) is 17.5 Å². The number of nitrogens with zero attached hydrogens (tertiary/aromatic N) is 1. The average molecular weight is 348 g/mol. The maximum absolute atomic E-state index is 13.1. The lowest BCUT2D eigenvalue weighted by atomic mass is 10.0. The molecule has 0 saturated carbocycles. The van der Waals surface area contributed by atoms with E-state index in [0.29, 0.717) is 0 Å². The standard InChI is InChI=1S/C18H21FN2O2S/c1-20-24(22,23)17-10-4-14(5-11-17)13-21-12-2-3-18(21)15-6-8-16(19)9-7-15/h4-11,18,20H,2-3,12-13H2,1H3/t18-/m0/s1. The molecule has 0 aromatic heterocycles. The molecule has 2 aromatic carbocycles. The van der Waals surface area contributed by atoms with Gasteiger partial charge in [0.2, 0.25) is 10.0 Å². The summed E-state index contributed by atoms with van der Waals surface area (Å²) < 4.78 is 39.0. The van der Waals surface area contributed by atoms with Crippen LogP contribution in [0.15, 0.2) is 53.4 Å². The highest BCUT2D eigenvalue weighted by Crippen LogP contribution is 2.33. The topological polar surface area (TPSA) is 49.4 Å². The maximum atomic E-state index is 13.1. The van der Waals surface area contributed by atoms with E-state index in [1.165, 1.54) is 19.2 Å². The molecule has 0 amide bonds. The first-order valence-electron chi connectivity index (χ1n) is 8.01. The van der Waals surface area contributed by atoms with Crippen LogP contribution in [0.2, 0.25) is 0 Å². The third-order valence-corrected chi connectivity index (χ3v) is 5.94. The zero-order chi connectivity index (χ0) is 17.2. The van der Waals surface area contributed by atoms with Gasteiger partial charge in [-0.3, -0.25) is 4.90 Å². The third kappa shape index (κ3) is 3.66. The lowest BCUT2D eigenvalue weighted by molar-refractivity contribution is 0.248. The molecule has 1 heterocycles. The van der Waals surface area contributed by atoms with Gasteiger partial charge < -0.3 is 0 Å². The predicted molar refractivity (Wildman–Crippen MR) is 91.5 cm³/mol. The van der Waals surface area contributed by atoms with Crippen LogP contribution in [0.4, 0.5) is 4.39 Å². The molecule has 4 nitrogen and oxygen atoms in total. The van der Waals surface area contributed by atoms with Gasteiger partial charge >= 0.3 is 0 Å². The van der Waals surface area contributed by atoms with E-state index >= 15 is 0 Å². The van der Waals surface area contributed by atoms with E-state index in [2.05, 4.69) is 9.62 Å². The Hall–Kier alpha value is -1.76. The van der Waals surface area contributed by atoms with Crippen LogP contribution < -0.4 is 4.72 Å². The molecule has 0 aliphatic carbocycles. The van der Waals surface area contributed by atoms with E-state index in [-0.39, 0.29) is 16.8 Å². The number of benzene rings is 2. The lowest BCUT2D eigenvalue weighted by Crippen LogP contribution is -2.23. The summed E-state index contributed by atoms with van der Waals surface area (Å²) in [6.07, 6.45) is 2.16. The van der Waals surface area contributed by atoms with Crippen LogP contribution in [0.1, 0.15) is 30.0 Å². The number of sulfonamides is 1. The number of nitrogens with one attached hydrogen (secondary N) is 1. The molecule has 24 heavy (non-hydrogen) atoms. The number of hydrogen-bond acceptors (Lipinski definition) is 3. The second-order valence-corrected chi connectivity index (χ2v) is 7.92. The molecular formula is C18H21FN2O2S. The van der Waals surface area contributed by atoms with Crippen molar-refractivity contribution >= 4 is 10.0 Å². The molecule has 128 valence electrons. The Labute approximate surface area is 142 Å². The summed E-state index contributed by atoms with van der Waals surface area (Å²) in [4.78, 5) is 2.62. The predicted octanol–water partition coefficient (Wildman–Crippen LogP) is 3.07. The van der Waals surface area contributed by atoms with E-state index in [1.807, 2.05) is 24.3 Å². The van der Waals surface area contributed by atoms with Crippen LogP contribution in [0.3, 0.4) is 0 Å². The van der Waals surface area contributed by atoms with Crippen LogP contribution in [0, 0.1) is 5.82 Å². The van der Waals surface area contributed by atoms with Crippen LogP contribution in [0.5, 0.6) is 0 Å². The zero-order valence-electron chi connectivity index (χ0n) is 13.6. The summed E-state index contributed by atoms with van der Waals surface area (Å²) in [7, 11) is -2.00. The summed E-state index contributed by atoms with van der Waals surface area (Å²) in [5.74, 6) is -0.218. The minimum Gasteiger partial charge on any atom is -0.292 e. The number of likely N-dealkylation sites (tertiary alicyclic amines) is 1. The Morgan fingerprint density at radius 3 is 2.42 bits per heavy atom. The van der Waals surface area contributed by atoms with Gasteiger partial charge in [-0.05, 0) is 61.8 Å². The van der Waals surface area contributed by atoms with Gasteiger partial charge in [-0.2, -0.15) is 0 Å². The summed E-state index contributed by atoms with van der Waals surface area (Å²) in [6.45, 7) is 1.74. The summed E-state index contributed by atoms with van der Waals surface area (Å²) in [5, 5.41) is 0. The highest BCUT2D eigenvalue weighted by atomic mass is 32.2. The van der Waals surface area contributed by atoms with E-state index < -0.39 is 10.0 Å². The molecule has 1 aliphatic rings. The van der Waals surface area contributed by atoms with Crippen molar-refractivity contribution in [3.63, 3.8) is 0 Å². The van der Waals surface area contributed by atoms with Crippen LogP contribution in [-0.2, 0) is 16.6 Å². The van der Waals surface area contributed by atoms with Crippen LogP contribution >= 0.6 is 0 Å². The average Bonchev–Trinajstić information content (AvgIpc) is 3.04. The van der Waals surface area contributed by atoms with Gasteiger partial charge in [0.1, 0.15) is 5.82 Å². The number of hydrogen-bond donors (Lipinski definition) is 1. The quantitative estimate of drug-likeness (QED) is 0.903. The monoisotopic (exact) mass is 348 g/mol. The van der Waals surface area contributed by atoms with Crippen molar-refractivity contribution < 1.29 is 12.8 Å². The summed E-state index contributed by atoms with van der Waals surface area (Å²) in [6, 6.07) is 13.9. The highest BCUT2D eigenvalue weighted by molar-refractivity contribution is 7.89. The largest absolute Gasteiger partial charge is 0.292 e. The molecular weight excluding hydrogens is 327 g/mol. The normalized spacial score (nSPS) is 18.8. The van der Waals surface area contributed by atoms with E-state index in [4.69, 9.17) is 0 Å². The van der Waals surface area contributed by atoms with Crippen molar-refractivity contribution in [1.29, 1.82) is 0 Å². The summed E-state index contributed by atoms with van der Waals surface area (Å²) in [5.41, 5.74) is 2.20. The summed E-state index contributed by atoms with van der Waals surface area (Å²) >= 11 is 0. The van der Waals surface area contributed by atoms with Crippen molar-refractivity contribution in [2.75, 3.05) is 13.6 Å². The highest BCUT2D eigenvalue weighted by Gasteiger charge is 2.26. The fourth-order valence-electron chi connectivity index (χ4n) is 3.20. The lowest BCUT2D eigenvalue weighted by Gasteiger charge is -2.25. The molecule has 0 spiro atoms. The molecule has 1 saturated heterocycles. The fraction of sp³-hybridized carbons (Fsp3) is 0.333. The molecule has 1 N–H and O–H groups in total. The van der Waals surface area contributed by atoms with E-state index in [9.17, 15) is 12.8 Å². The molecule has 1 aliphatic heterocycles.